The van der Waals surface area contributed by atoms with Crippen molar-refractivity contribution in [2.24, 2.45) is 5.73 Å². The van der Waals surface area contributed by atoms with E-state index in [4.69, 9.17) is 10.5 Å². The maximum atomic E-state index is 11.1. The molecule has 1 unspecified atom stereocenters. The number of carbonyl (C=O) groups is 1. The molecule has 7 nitrogen and oxygen atoms in total. The molecule has 1 amide bonds. The van der Waals surface area contributed by atoms with Gasteiger partial charge in [-0.05, 0) is 27.6 Å². The number of hydrogen-bond acceptors (Lipinski definition) is 5. The highest BCUT2D eigenvalue weighted by Crippen LogP contribution is 2.24. The van der Waals surface area contributed by atoms with Crippen LogP contribution < -0.4 is 5.73 Å². The van der Waals surface area contributed by atoms with Crippen molar-refractivity contribution in [3.8, 4) is 0 Å². The standard InChI is InChI=1S/C14H13N5O2/c15-14(20)21-13(8-19-17-9-16-18-19)12-6-5-10-3-1-2-4-11(10)7-12/h1-7,9,13H,8H2,(H2,15,20). The highest BCUT2D eigenvalue weighted by Gasteiger charge is 2.17. The molecule has 0 bridgehead atoms. The van der Waals surface area contributed by atoms with Crippen molar-refractivity contribution in [2.75, 3.05) is 0 Å². The van der Waals surface area contributed by atoms with Crippen molar-refractivity contribution in [1.82, 2.24) is 20.2 Å². The van der Waals surface area contributed by atoms with Crippen LogP contribution in [0.15, 0.2) is 48.8 Å². The normalized spacial score (nSPS) is 12.2. The molecule has 0 aliphatic carbocycles. The summed E-state index contributed by atoms with van der Waals surface area (Å²) in [5, 5.41) is 13.5. The summed E-state index contributed by atoms with van der Waals surface area (Å²) in [6.07, 6.45) is -0.0866. The van der Waals surface area contributed by atoms with Gasteiger partial charge in [0.05, 0.1) is 0 Å². The van der Waals surface area contributed by atoms with Gasteiger partial charge in [0.15, 0.2) is 12.4 Å². The van der Waals surface area contributed by atoms with E-state index in [9.17, 15) is 4.79 Å². The molecule has 1 aromatic heterocycles. The van der Waals surface area contributed by atoms with E-state index in [1.54, 1.807) is 0 Å². The Hall–Kier alpha value is -2.96. The van der Waals surface area contributed by atoms with Gasteiger partial charge in [0.2, 0.25) is 0 Å². The lowest BCUT2D eigenvalue weighted by Gasteiger charge is -2.16. The monoisotopic (exact) mass is 283 g/mol. The first-order valence-electron chi connectivity index (χ1n) is 6.38. The highest BCUT2D eigenvalue weighted by atomic mass is 16.6. The van der Waals surface area contributed by atoms with Crippen LogP contribution in [0.1, 0.15) is 11.7 Å². The summed E-state index contributed by atoms with van der Waals surface area (Å²) in [5.41, 5.74) is 5.97. The van der Waals surface area contributed by atoms with Crippen LogP contribution in [0.25, 0.3) is 10.8 Å². The molecule has 3 aromatic rings. The number of ether oxygens (including phenoxy) is 1. The summed E-state index contributed by atoms with van der Waals surface area (Å²) >= 11 is 0. The zero-order valence-electron chi connectivity index (χ0n) is 11.1. The lowest BCUT2D eigenvalue weighted by molar-refractivity contribution is 0.0901. The molecule has 1 atom stereocenters. The molecule has 3 rings (SSSR count). The van der Waals surface area contributed by atoms with Gasteiger partial charge in [-0.15, -0.1) is 10.2 Å². The van der Waals surface area contributed by atoms with E-state index < -0.39 is 12.2 Å². The zero-order chi connectivity index (χ0) is 14.7. The van der Waals surface area contributed by atoms with Crippen LogP contribution in [0.5, 0.6) is 0 Å². The van der Waals surface area contributed by atoms with Crippen molar-refractivity contribution in [3.05, 3.63) is 54.4 Å². The third-order valence-corrected chi connectivity index (χ3v) is 3.12. The minimum absolute atomic E-state index is 0.251. The number of aromatic nitrogens is 4. The number of tetrazole rings is 1. The molecule has 0 aliphatic rings. The van der Waals surface area contributed by atoms with Crippen LogP contribution in [0.4, 0.5) is 4.79 Å². The molecule has 2 N–H and O–H groups in total. The Kier molecular flexibility index (Phi) is 3.46. The molecule has 0 fully saturated rings. The molecule has 0 saturated heterocycles. The molecule has 0 saturated carbocycles. The van der Waals surface area contributed by atoms with Crippen molar-refractivity contribution < 1.29 is 9.53 Å². The molecule has 0 spiro atoms. The average Bonchev–Trinajstić information content (AvgIpc) is 2.98. The second-order valence-electron chi connectivity index (χ2n) is 4.52. The summed E-state index contributed by atoms with van der Waals surface area (Å²) in [6.45, 7) is 0.251. The van der Waals surface area contributed by atoms with Crippen molar-refractivity contribution >= 4 is 16.9 Å². The topological polar surface area (TPSA) is 95.9 Å². The fourth-order valence-electron chi connectivity index (χ4n) is 2.18. The Morgan fingerprint density at radius 3 is 2.76 bits per heavy atom. The van der Waals surface area contributed by atoms with Gasteiger partial charge >= 0.3 is 6.09 Å². The molecule has 21 heavy (non-hydrogen) atoms. The fraction of sp³-hybridized carbons (Fsp3) is 0.143. The number of rotatable bonds is 4. The van der Waals surface area contributed by atoms with Crippen LogP contribution in [-0.2, 0) is 11.3 Å². The van der Waals surface area contributed by atoms with Gasteiger partial charge in [0, 0.05) is 0 Å². The van der Waals surface area contributed by atoms with Crippen molar-refractivity contribution in [1.29, 1.82) is 0 Å². The number of nitrogens with two attached hydrogens (primary N) is 1. The Balaban J connectivity index is 1.94. The molecule has 0 aliphatic heterocycles. The van der Waals surface area contributed by atoms with Crippen LogP contribution in [0.2, 0.25) is 0 Å². The maximum Gasteiger partial charge on any atom is 0.405 e. The van der Waals surface area contributed by atoms with Gasteiger partial charge < -0.3 is 10.5 Å². The van der Waals surface area contributed by atoms with E-state index in [0.29, 0.717) is 0 Å². The average molecular weight is 283 g/mol. The molecule has 0 radical (unpaired) electrons. The number of carbonyl (C=O) groups excluding carboxylic acids is 1. The number of hydrogen-bond donors (Lipinski definition) is 1. The van der Waals surface area contributed by atoms with Crippen molar-refractivity contribution in [2.45, 2.75) is 12.6 Å². The number of nitrogens with zero attached hydrogens (tertiary/aromatic N) is 4. The summed E-state index contributed by atoms with van der Waals surface area (Å²) < 4.78 is 5.17. The minimum Gasteiger partial charge on any atom is -0.439 e. The number of primary amides is 1. The van der Waals surface area contributed by atoms with E-state index >= 15 is 0 Å². The van der Waals surface area contributed by atoms with Crippen LogP contribution in [-0.4, -0.2) is 26.3 Å². The first kappa shape index (κ1) is 13.0. The number of fused-ring (bicyclic) bond motifs is 1. The lowest BCUT2D eigenvalue weighted by atomic mass is 10.0. The summed E-state index contributed by atoms with van der Waals surface area (Å²) in [4.78, 5) is 12.5. The van der Waals surface area contributed by atoms with Crippen LogP contribution in [0, 0.1) is 0 Å². The predicted molar refractivity (Wildman–Crippen MR) is 75.2 cm³/mol. The first-order valence-corrected chi connectivity index (χ1v) is 6.38. The van der Waals surface area contributed by atoms with E-state index in [1.807, 2.05) is 42.5 Å². The molecule has 7 heteroatoms. The number of benzene rings is 2. The van der Waals surface area contributed by atoms with Crippen LogP contribution >= 0.6 is 0 Å². The molecule has 1 heterocycles. The van der Waals surface area contributed by atoms with Crippen LogP contribution in [0.3, 0.4) is 0 Å². The largest absolute Gasteiger partial charge is 0.439 e. The Labute approximate surface area is 120 Å². The van der Waals surface area contributed by atoms with Crippen molar-refractivity contribution in [3.63, 3.8) is 0 Å². The quantitative estimate of drug-likeness (QED) is 0.785. The Morgan fingerprint density at radius 1 is 1.24 bits per heavy atom. The second kappa shape index (κ2) is 5.58. The predicted octanol–water partition coefficient (Wildman–Crippen LogP) is 1.66. The SMILES string of the molecule is NC(=O)OC(Cn1ncnn1)c1ccc2ccccc2c1. The van der Waals surface area contributed by atoms with Gasteiger partial charge in [-0.2, -0.15) is 4.80 Å². The zero-order valence-corrected chi connectivity index (χ0v) is 11.1. The van der Waals surface area contributed by atoms with Gasteiger partial charge in [0.1, 0.15) is 6.54 Å². The molecule has 2 aromatic carbocycles. The third-order valence-electron chi connectivity index (χ3n) is 3.12. The minimum atomic E-state index is -0.840. The third kappa shape index (κ3) is 2.97. The summed E-state index contributed by atoms with van der Waals surface area (Å²) in [7, 11) is 0. The first-order chi connectivity index (χ1) is 10.2. The van der Waals surface area contributed by atoms with Gasteiger partial charge in [-0.3, -0.25) is 0 Å². The van der Waals surface area contributed by atoms with Gasteiger partial charge in [0.25, 0.3) is 0 Å². The Bertz CT molecular complexity index is 757. The fourth-order valence-corrected chi connectivity index (χ4v) is 2.18. The van der Waals surface area contributed by atoms with Gasteiger partial charge in [-0.25, -0.2) is 4.79 Å². The second-order valence-corrected chi connectivity index (χ2v) is 4.52. The smallest absolute Gasteiger partial charge is 0.405 e. The van der Waals surface area contributed by atoms with Gasteiger partial charge in [-0.1, -0.05) is 36.4 Å². The Morgan fingerprint density at radius 2 is 2.05 bits per heavy atom. The maximum absolute atomic E-state index is 11.1. The molecular formula is C14H13N5O2. The van der Waals surface area contributed by atoms with E-state index in [2.05, 4.69) is 15.4 Å². The van der Waals surface area contributed by atoms with E-state index in [1.165, 1.54) is 11.1 Å². The van der Waals surface area contributed by atoms with E-state index in [-0.39, 0.29) is 6.54 Å². The number of amides is 1. The molecule has 106 valence electrons. The summed E-state index contributed by atoms with van der Waals surface area (Å²) in [6, 6.07) is 13.8. The summed E-state index contributed by atoms with van der Waals surface area (Å²) in [5.74, 6) is 0. The van der Waals surface area contributed by atoms with E-state index in [0.717, 1.165) is 16.3 Å². The lowest BCUT2D eigenvalue weighted by Crippen LogP contribution is -2.22. The molecular weight excluding hydrogens is 270 g/mol. The highest BCUT2D eigenvalue weighted by molar-refractivity contribution is 5.83.